The fourth-order valence-electron chi connectivity index (χ4n) is 1.24. The summed E-state index contributed by atoms with van der Waals surface area (Å²) in [5.74, 6) is 0. The van der Waals surface area contributed by atoms with Gasteiger partial charge in [0.2, 0.25) is 0 Å². The second kappa shape index (κ2) is 5.05. The van der Waals surface area contributed by atoms with Gasteiger partial charge in [-0.15, -0.1) is 0 Å². The highest BCUT2D eigenvalue weighted by molar-refractivity contribution is 9.10. The molecule has 1 aromatic rings. The van der Waals surface area contributed by atoms with Gasteiger partial charge in [-0.3, -0.25) is 4.98 Å². The van der Waals surface area contributed by atoms with E-state index in [1.807, 2.05) is 19.9 Å². The van der Waals surface area contributed by atoms with E-state index in [1.165, 1.54) is 0 Å². The van der Waals surface area contributed by atoms with Crippen molar-refractivity contribution in [2.24, 2.45) is 0 Å². The first-order valence-electron chi connectivity index (χ1n) is 4.79. The Morgan fingerprint density at radius 3 is 2.67 bits per heavy atom. The molecule has 0 aromatic carbocycles. The predicted molar refractivity (Wildman–Crippen MR) is 62.6 cm³/mol. The van der Waals surface area contributed by atoms with Crippen molar-refractivity contribution in [1.82, 2.24) is 4.98 Å². The summed E-state index contributed by atoms with van der Waals surface area (Å²) in [6, 6.07) is 3.67. The van der Waals surface area contributed by atoms with E-state index in [9.17, 15) is 5.11 Å². The van der Waals surface area contributed by atoms with Gasteiger partial charge in [0, 0.05) is 24.2 Å². The van der Waals surface area contributed by atoms with Crippen LogP contribution in [-0.4, -0.2) is 22.8 Å². The summed E-state index contributed by atoms with van der Waals surface area (Å²) in [4.78, 5) is 4.14. The van der Waals surface area contributed by atoms with Crippen LogP contribution in [0.15, 0.2) is 22.8 Å². The van der Waals surface area contributed by atoms with E-state index in [4.69, 9.17) is 4.74 Å². The molecule has 0 saturated heterocycles. The number of ether oxygens (including phenoxy) is 1. The van der Waals surface area contributed by atoms with Crippen LogP contribution in [0.4, 0.5) is 0 Å². The molecule has 0 amide bonds. The van der Waals surface area contributed by atoms with Crippen LogP contribution in [0.2, 0.25) is 0 Å². The number of halogens is 1. The molecule has 1 N–H and O–H groups in total. The van der Waals surface area contributed by atoms with E-state index in [0.29, 0.717) is 12.1 Å². The molecule has 84 valence electrons. The third kappa shape index (κ3) is 3.89. The quantitative estimate of drug-likeness (QED) is 0.917. The van der Waals surface area contributed by atoms with E-state index in [2.05, 4.69) is 20.9 Å². The molecular formula is C11H16BrNO2. The molecule has 0 aliphatic heterocycles. The Morgan fingerprint density at radius 2 is 2.20 bits per heavy atom. The van der Waals surface area contributed by atoms with E-state index < -0.39 is 6.10 Å². The van der Waals surface area contributed by atoms with Gasteiger partial charge in [0.15, 0.2) is 0 Å². The fourth-order valence-corrected chi connectivity index (χ4v) is 1.47. The topological polar surface area (TPSA) is 42.4 Å². The molecule has 1 unspecified atom stereocenters. The minimum atomic E-state index is -0.590. The molecule has 0 aliphatic rings. The van der Waals surface area contributed by atoms with Crippen LogP contribution in [0.25, 0.3) is 0 Å². The van der Waals surface area contributed by atoms with Crippen molar-refractivity contribution in [3.8, 4) is 0 Å². The summed E-state index contributed by atoms with van der Waals surface area (Å²) in [5, 5.41) is 9.92. The Bertz CT molecular complexity index is 311. The standard InChI is InChI=1S/C11H16BrNO2/c1-11(2,15-3)6-10(14)9-5-4-8(12)7-13-9/h4-5,7,10,14H,6H2,1-3H3. The maximum absolute atomic E-state index is 9.92. The van der Waals surface area contributed by atoms with E-state index in [1.54, 1.807) is 19.4 Å². The van der Waals surface area contributed by atoms with Gasteiger partial charge in [0.1, 0.15) is 0 Å². The Balaban J connectivity index is 2.69. The van der Waals surface area contributed by atoms with Crippen molar-refractivity contribution in [1.29, 1.82) is 0 Å². The zero-order valence-electron chi connectivity index (χ0n) is 9.20. The van der Waals surface area contributed by atoms with Gasteiger partial charge < -0.3 is 9.84 Å². The Kier molecular flexibility index (Phi) is 4.25. The monoisotopic (exact) mass is 273 g/mol. The molecule has 0 bridgehead atoms. The third-order valence-electron chi connectivity index (χ3n) is 2.33. The Labute approximate surface area is 98.6 Å². The number of aliphatic hydroxyl groups excluding tert-OH is 1. The molecule has 0 aliphatic carbocycles. The average Bonchev–Trinajstić information content (AvgIpc) is 2.18. The molecule has 1 heterocycles. The lowest BCUT2D eigenvalue weighted by Crippen LogP contribution is -2.25. The molecular weight excluding hydrogens is 258 g/mol. The van der Waals surface area contributed by atoms with Crippen LogP contribution in [-0.2, 0) is 4.74 Å². The van der Waals surface area contributed by atoms with Gasteiger partial charge in [0.05, 0.1) is 17.4 Å². The highest BCUT2D eigenvalue weighted by Crippen LogP contribution is 2.25. The summed E-state index contributed by atoms with van der Waals surface area (Å²) in [5.41, 5.74) is 0.331. The van der Waals surface area contributed by atoms with Crippen molar-refractivity contribution in [3.05, 3.63) is 28.5 Å². The molecule has 0 fully saturated rings. The van der Waals surface area contributed by atoms with Crippen LogP contribution < -0.4 is 0 Å². The SMILES string of the molecule is COC(C)(C)CC(O)c1ccc(Br)cn1. The molecule has 4 heteroatoms. The molecule has 3 nitrogen and oxygen atoms in total. The first-order chi connectivity index (χ1) is 6.94. The zero-order valence-corrected chi connectivity index (χ0v) is 10.8. The fraction of sp³-hybridized carbons (Fsp3) is 0.545. The summed E-state index contributed by atoms with van der Waals surface area (Å²) in [6.07, 6.45) is 1.62. The lowest BCUT2D eigenvalue weighted by atomic mass is 9.98. The maximum atomic E-state index is 9.92. The van der Waals surface area contributed by atoms with E-state index in [-0.39, 0.29) is 5.60 Å². The number of rotatable bonds is 4. The predicted octanol–water partition coefficient (Wildman–Crippen LogP) is 2.69. The van der Waals surface area contributed by atoms with Crippen molar-refractivity contribution in [2.45, 2.75) is 32.0 Å². The normalized spacial score (nSPS) is 13.9. The smallest absolute Gasteiger partial charge is 0.0987 e. The van der Waals surface area contributed by atoms with Crippen molar-refractivity contribution in [3.63, 3.8) is 0 Å². The minimum Gasteiger partial charge on any atom is -0.387 e. The van der Waals surface area contributed by atoms with Gasteiger partial charge in [-0.1, -0.05) is 0 Å². The molecule has 1 aromatic heterocycles. The number of pyridine rings is 1. The Hall–Kier alpha value is -0.450. The van der Waals surface area contributed by atoms with Crippen LogP contribution >= 0.6 is 15.9 Å². The maximum Gasteiger partial charge on any atom is 0.0987 e. The molecule has 0 spiro atoms. The van der Waals surface area contributed by atoms with Crippen LogP contribution in [0.3, 0.4) is 0 Å². The van der Waals surface area contributed by atoms with Crippen molar-refractivity contribution < 1.29 is 9.84 Å². The van der Waals surface area contributed by atoms with Crippen molar-refractivity contribution >= 4 is 15.9 Å². The highest BCUT2D eigenvalue weighted by Gasteiger charge is 2.22. The van der Waals surface area contributed by atoms with Gasteiger partial charge in [-0.2, -0.15) is 0 Å². The molecule has 1 rings (SSSR count). The second-order valence-corrected chi connectivity index (χ2v) is 5.00. The first-order valence-corrected chi connectivity index (χ1v) is 5.58. The molecule has 0 saturated carbocycles. The molecule has 0 radical (unpaired) electrons. The van der Waals surface area contributed by atoms with Crippen LogP contribution in [0.5, 0.6) is 0 Å². The van der Waals surface area contributed by atoms with Gasteiger partial charge >= 0.3 is 0 Å². The Morgan fingerprint density at radius 1 is 1.53 bits per heavy atom. The third-order valence-corrected chi connectivity index (χ3v) is 2.80. The second-order valence-electron chi connectivity index (χ2n) is 4.09. The lowest BCUT2D eigenvalue weighted by Gasteiger charge is -2.25. The van der Waals surface area contributed by atoms with Crippen LogP contribution in [0, 0.1) is 0 Å². The zero-order chi connectivity index (χ0) is 11.5. The van der Waals surface area contributed by atoms with Crippen LogP contribution in [0.1, 0.15) is 32.1 Å². The molecule has 15 heavy (non-hydrogen) atoms. The number of nitrogens with zero attached hydrogens (tertiary/aromatic N) is 1. The summed E-state index contributed by atoms with van der Waals surface area (Å²) >= 11 is 3.30. The van der Waals surface area contributed by atoms with E-state index >= 15 is 0 Å². The largest absolute Gasteiger partial charge is 0.387 e. The average molecular weight is 274 g/mol. The minimum absolute atomic E-state index is 0.339. The van der Waals surface area contributed by atoms with Gasteiger partial charge in [-0.05, 0) is 41.9 Å². The lowest BCUT2D eigenvalue weighted by molar-refractivity contribution is -0.0210. The number of hydrogen-bond donors (Lipinski definition) is 1. The number of aliphatic hydroxyl groups is 1. The molecule has 1 atom stereocenters. The van der Waals surface area contributed by atoms with E-state index in [0.717, 1.165) is 4.47 Å². The summed E-state index contributed by atoms with van der Waals surface area (Å²) < 4.78 is 6.16. The summed E-state index contributed by atoms with van der Waals surface area (Å²) in [6.45, 7) is 3.88. The first kappa shape index (κ1) is 12.6. The summed E-state index contributed by atoms with van der Waals surface area (Å²) in [7, 11) is 1.64. The van der Waals surface area contributed by atoms with Gasteiger partial charge in [0.25, 0.3) is 0 Å². The van der Waals surface area contributed by atoms with Gasteiger partial charge in [-0.25, -0.2) is 0 Å². The highest BCUT2D eigenvalue weighted by atomic mass is 79.9. The number of aromatic nitrogens is 1. The number of methoxy groups -OCH3 is 1. The number of hydrogen-bond acceptors (Lipinski definition) is 3. The van der Waals surface area contributed by atoms with Crippen molar-refractivity contribution in [2.75, 3.05) is 7.11 Å².